The number of aliphatic carboxylic acids is 1. The molecule has 0 bridgehead atoms. The molecule has 2 rings (SSSR count). The van der Waals surface area contributed by atoms with Gasteiger partial charge in [-0.3, -0.25) is 4.79 Å². The van der Waals surface area contributed by atoms with Gasteiger partial charge in [-0.25, -0.2) is 0 Å². The van der Waals surface area contributed by atoms with Crippen molar-refractivity contribution in [1.29, 1.82) is 0 Å². The minimum absolute atomic E-state index is 0.149. The van der Waals surface area contributed by atoms with Crippen molar-refractivity contribution in [3.8, 4) is 5.75 Å². The van der Waals surface area contributed by atoms with E-state index in [0.29, 0.717) is 12.2 Å². The summed E-state index contributed by atoms with van der Waals surface area (Å²) in [6, 6.07) is 7.48. The highest BCUT2D eigenvalue weighted by atomic mass is 16.5. The van der Waals surface area contributed by atoms with Gasteiger partial charge >= 0.3 is 5.97 Å². The van der Waals surface area contributed by atoms with Crippen molar-refractivity contribution in [2.45, 2.75) is 31.6 Å². The van der Waals surface area contributed by atoms with Gasteiger partial charge in [-0.2, -0.15) is 0 Å². The van der Waals surface area contributed by atoms with Crippen LogP contribution in [0.25, 0.3) is 0 Å². The van der Waals surface area contributed by atoms with Crippen LogP contribution in [0.1, 0.15) is 31.7 Å². The number of carbonyl (C=O) groups is 1. The predicted molar refractivity (Wildman–Crippen MR) is 65.3 cm³/mol. The molecule has 1 saturated carbocycles. The van der Waals surface area contributed by atoms with E-state index >= 15 is 0 Å². The first-order chi connectivity index (χ1) is 8.13. The van der Waals surface area contributed by atoms with E-state index in [1.807, 2.05) is 31.2 Å². The Hall–Kier alpha value is -1.51. The van der Waals surface area contributed by atoms with E-state index in [4.69, 9.17) is 4.74 Å². The average molecular weight is 234 g/mol. The second-order valence-corrected chi connectivity index (χ2v) is 4.77. The lowest BCUT2D eigenvalue weighted by Gasteiger charge is -2.30. The Morgan fingerprint density at radius 1 is 1.47 bits per heavy atom. The largest absolute Gasteiger partial charge is 0.496 e. The Bertz CT molecular complexity index is 427. The van der Waals surface area contributed by atoms with Crippen molar-refractivity contribution < 1.29 is 14.6 Å². The van der Waals surface area contributed by atoms with Crippen LogP contribution in [0, 0.1) is 5.92 Å². The van der Waals surface area contributed by atoms with Crippen LogP contribution in [0.4, 0.5) is 0 Å². The second-order valence-electron chi connectivity index (χ2n) is 4.77. The normalized spacial score (nSPS) is 28.0. The van der Waals surface area contributed by atoms with Gasteiger partial charge in [0.15, 0.2) is 0 Å². The molecule has 0 heterocycles. The monoisotopic (exact) mass is 234 g/mol. The Kier molecular flexibility index (Phi) is 3.09. The van der Waals surface area contributed by atoms with Crippen LogP contribution < -0.4 is 4.74 Å². The first-order valence-electron chi connectivity index (χ1n) is 6.00. The van der Waals surface area contributed by atoms with Crippen LogP contribution in [0.2, 0.25) is 0 Å². The first kappa shape index (κ1) is 12.0. The summed E-state index contributed by atoms with van der Waals surface area (Å²) in [5.74, 6) is 0.104. The Labute approximate surface area is 101 Å². The van der Waals surface area contributed by atoms with Crippen LogP contribution in [-0.2, 0) is 10.2 Å². The number of hydrogen-bond acceptors (Lipinski definition) is 2. The number of benzene rings is 1. The van der Waals surface area contributed by atoms with Gasteiger partial charge in [-0.1, -0.05) is 31.5 Å². The predicted octanol–water partition coefficient (Wildman–Crippen LogP) is 2.84. The SMILES string of the molecule is COc1ccccc1C1(C(=O)O)CCCC1C. The summed E-state index contributed by atoms with van der Waals surface area (Å²) in [5, 5.41) is 9.65. The van der Waals surface area contributed by atoms with E-state index in [1.165, 1.54) is 0 Å². The van der Waals surface area contributed by atoms with Crippen molar-refractivity contribution >= 4 is 5.97 Å². The molecular formula is C14H18O3. The standard InChI is InChI=1S/C14H18O3/c1-10-6-5-9-14(10,13(15)16)11-7-3-4-8-12(11)17-2/h3-4,7-8,10H,5-6,9H2,1-2H3,(H,15,16). The molecule has 1 fully saturated rings. The fourth-order valence-electron chi connectivity index (χ4n) is 3.03. The quantitative estimate of drug-likeness (QED) is 0.874. The molecule has 1 aromatic rings. The van der Waals surface area contributed by atoms with E-state index in [2.05, 4.69) is 0 Å². The molecule has 3 heteroatoms. The van der Waals surface area contributed by atoms with Gasteiger partial charge < -0.3 is 9.84 Å². The third-order valence-electron chi connectivity index (χ3n) is 4.02. The van der Waals surface area contributed by atoms with E-state index in [9.17, 15) is 9.90 Å². The van der Waals surface area contributed by atoms with Crippen molar-refractivity contribution in [3.05, 3.63) is 29.8 Å². The van der Waals surface area contributed by atoms with Gasteiger partial charge in [0.1, 0.15) is 5.75 Å². The maximum Gasteiger partial charge on any atom is 0.314 e. The molecule has 3 nitrogen and oxygen atoms in total. The van der Waals surface area contributed by atoms with Crippen LogP contribution >= 0.6 is 0 Å². The highest BCUT2D eigenvalue weighted by Gasteiger charge is 2.49. The van der Waals surface area contributed by atoms with Crippen LogP contribution in [0.5, 0.6) is 5.75 Å². The Morgan fingerprint density at radius 3 is 2.71 bits per heavy atom. The number of rotatable bonds is 3. The van der Waals surface area contributed by atoms with Crippen LogP contribution in [0.3, 0.4) is 0 Å². The molecule has 0 radical (unpaired) electrons. The van der Waals surface area contributed by atoms with E-state index in [0.717, 1.165) is 18.4 Å². The summed E-state index contributed by atoms with van der Waals surface area (Å²) in [4.78, 5) is 11.7. The molecule has 2 unspecified atom stereocenters. The summed E-state index contributed by atoms with van der Waals surface area (Å²) in [7, 11) is 1.59. The molecule has 0 saturated heterocycles. The highest BCUT2D eigenvalue weighted by Crippen LogP contribution is 2.48. The minimum atomic E-state index is -0.771. The maximum absolute atomic E-state index is 11.7. The summed E-state index contributed by atoms with van der Waals surface area (Å²) in [6.07, 6.45) is 2.62. The topological polar surface area (TPSA) is 46.5 Å². The van der Waals surface area contributed by atoms with Gasteiger partial charge in [0.05, 0.1) is 12.5 Å². The lowest BCUT2D eigenvalue weighted by Crippen LogP contribution is -2.38. The molecule has 2 atom stereocenters. The van der Waals surface area contributed by atoms with Crippen molar-refractivity contribution in [3.63, 3.8) is 0 Å². The third kappa shape index (κ3) is 1.70. The summed E-state index contributed by atoms with van der Waals surface area (Å²) in [6.45, 7) is 2.02. The number of carboxylic acid groups (broad SMARTS) is 1. The lowest BCUT2D eigenvalue weighted by atomic mass is 9.72. The Morgan fingerprint density at radius 2 is 2.18 bits per heavy atom. The number of ether oxygens (including phenoxy) is 1. The fraction of sp³-hybridized carbons (Fsp3) is 0.500. The molecule has 0 aromatic heterocycles. The highest BCUT2D eigenvalue weighted by molar-refractivity contribution is 5.83. The minimum Gasteiger partial charge on any atom is -0.496 e. The smallest absolute Gasteiger partial charge is 0.314 e. The molecule has 1 aromatic carbocycles. The summed E-state index contributed by atoms with van der Waals surface area (Å²) in [5.41, 5.74) is 0.0482. The number of methoxy groups -OCH3 is 1. The van der Waals surface area contributed by atoms with Gasteiger partial charge in [0.2, 0.25) is 0 Å². The molecule has 17 heavy (non-hydrogen) atoms. The van der Waals surface area contributed by atoms with Crippen molar-refractivity contribution in [2.24, 2.45) is 5.92 Å². The summed E-state index contributed by atoms with van der Waals surface area (Å²) < 4.78 is 5.32. The van der Waals surface area contributed by atoms with Crippen LogP contribution in [0.15, 0.2) is 24.3 Å². The number of hydrogen-bond donors (Lipinski definition) is 1. The fourth-order valence-corrected chi connectivity index (χ4v) is 3.03. The molecule has 1 N–H and O–H groups in total. The third-order valence-corrected chi connectivity index (χ3v) is 4.02. The zero-order valence-electron chi connectivity index (χ0n) is 10.3. The zero-order chi connectivity index (χ0) is 12.5. The van der Waals surface area contributed by atoms with Gasteiger partial charge in [-0.15, -0.1) is 0 Å². The van der Waals surface area contributed by atoms with Gasteiger partial charge in [0, 0.05) is 5.56 Å². The molecule has 1 aliphatic rings. The van der Waals surface area contributed by atoms with E-state index in [-0.39, 0.29) is 5.92 Å². The second kappa shape index (κ2) is 4.40. The molecular weight excluding hydrogens is 216 g/mol. The molecule has 0 spiro atoms. The zero-order valence-corrected chi connectivity index (χ0v) is 10.3. The number of carboxylic acids is 1. The first-order valence-corrected chi connectivity index (χ1v) is 6.00. The van der Waals surface area contributed by atoms with Gasteiger partial charge in [-0.05, 0) is 24.8 Å². The number of para-hydroxylation sites is 1. The van der Waals surface area contributed by atoms with Gasteiger partial charge in [0.25, 0.3) is 0 Å². The molecule has 0 aliphatic heterocycles. The Balaban J connectivity index is 2.57. The molecule has 92 valence electrons. The average Bonchev–Trinajstić information content (AvgIpc) is 2.72. The molecule has 1 aliphatic carbocycles. The maximum atomic E-state index is 11.7. The summed E-state index contributed by atoms with van der Waals surface area (Å²) >= 11 is 0. The lowest BCUT2D eigenvalue weighted by molar-refractivity contribution is -0.145. The molecule has 0 amide bonds. The van der Waals surface area contributed by atoms with E-state index < -0.39 is 11.4 Å². The van der Waals surface area contributed by atoms with Crippen molar-refractivity contribution in [1.82, 2.24) is 0 Å². The van der Waals surface area contributed by atoms with Crippen LogP contribution in [-0.4, -0.2) is 18.2 Å². The van der Waals surface area contributed by atoms with E-state index in [1.54, 1.807) is 7.11 Å². The van der Waals surface area contributed by atoms with Crippen molar-refractivity contribution in [2.75, 3.05) is 7.11 Å².